The molecule has 1 saturated heterocycles. The third-order valence-corrected chi connectivity index (χ3v) is 5.99. The average molecular weight is 423 g/mol. The molecule has 1 heterocycles. The average Bonchev–Trinajstić information content (AvgIpc) is 2.77. The van der Waals surface area contributed by atoms with Crippen molar-refractivity contribution in [1.82, 2.24) is 9.80 Å². The zero-order chi connectivity index (χ0) is 22.4. The summed E-state index contributed by atoms with van der Waals surface area (Å²) >= 11 is 0. The van der Waals surface area contributed by atoms with Crippen molar-refractivity contribution in [3.8, 4) is 5.75 Å². The maximum absolute atomic E-state index is 13.2. The van der Waals surface area contributed by atoms with E-state index in [4.69, 9.17) is 4.74 Å². The first-order chi connectivity index (χ1) is 14.8. The molecule has 1 amide bonds. The number of carbonyl (C=O) groups excluding carboxylic acids is 2. The number of ether oxygens (including phenoxy) is 1. The zero-order valence-electron chi connectivity index (χ0n) is 19.1. The van der Waals surface area contributed by atoms with Crippen LogP contribution in [0.3, 0.4) is 0 Å². The lowest BCUT2D eigenvalue weighted by atomic mass is 9.89. The number of Topliss-reactive ketones (excluding diaryl/α,β-unsaturated/α-hetero) is 1. The first kappa shape index (κ1) is 23.0. The number of ketones is 1. The molecule has 5 nitrogen and oxygen atoms in total. The van der Waals surface area contributed by atoms with Crippen LogP contribution in [0.4, 0.5) is 0 Å². The van der Waals surface area contributed by atoms with Gasteiger partial charge in [0.25, 0.3) is 0 Å². The Kier molecular flexibility index (Phi) is 7.50. The molecule has 1 fully saturated rings. The van der Waals surface area contributed by atoms with Crippen LogP contribution in [0.25, 0.3) is 0 Å². The van der Waals surface area contributed by atoms with E-state index in [1.807, 2.05) is 47.4 Å². The molecule has 2 aromatic carbocycles. The largest absolute Gasteiger partial charge is 0.497 e. The summed E-state index contributed by atoms with van der Waals surface area (Å²) in [5.74, 6) is 1.09. The van der Waals surface area contributed by atoms with E-state index < -0.39 is 0 Å². The Hall–Kier alpha value is -2.66. The summed E-state index contributed by atoms with van der Waals surface area (Å²) in [5, 5.41) is 0. The third-order valence-electron chi connectivity index (χ3n) is 5.99. The summed E-state index contributed by atoms with van der Waals surface area (Å²) in [6.07, 6.45) is 1.57. The van der Waals surface area contributed by atoms with E-state index in [0.717, 1.165) is 42.8 Å². The molecule has 0 atom stereocenters. The van der Waals surface area contributed by atoms with Crippen molar-refractivity contribution in [2.75, 3.05) is 26.7 Å². The summed E-state index contributed by atoms with van der Waals surface area (Å²) in [6, 6.07) is 17.4. The van der Waals surface area contributed by atoms with E-state index in [1.54, 1.807) is 7.11 Å². The van der Waals surface area contributed by atoms with Gasteiger partial charge in [-0.1, -0.05) is 30.3 Å². The minimum atomic E-state index is -0.254. The van der Waals surface area contributed by atoms with Gasteiger partial charge in [0.05, 0.1) is 13.7 Å². The SMILES string of the molecule is COc1ccc(C(=O)C2CCN(CC(=O)N(Cc3ccccc3)C(C)(C)C)CC2)cc1. The van der Waals surface area contributed by atoms with Gasteiger partial charge < -0.3 is 9.64 Å². The Bertz CT molecular complexity index is 864. The van der Waals surface area contributed by atoms with Crippen LogP contribution in [0.1, 0.15) is 49.5 Å². The molecule has 0 aliphatic carbocycles. The summed E-state index contributed by atoms with van der Waals surface area (Å²) < 4.78 is 5.17. The van der Waals surface area contributed by atoms with Crippen LogP contribution in [0.15, 0.2) is 54.6 Å². The Balaban J connectivity index is 1.56. The predicted octanol–water partition coefficient (Wildman–Crippen LogP) is 4.42. The fourth-order valence-corrected chi connectivity index (χ4v) is 4.09. The summed E-state index contributed by atoms with van der Waals surface area (Å²) in [5.41, 5.74) is 1.61. The molecule has 0 aromatic heterocycles. The molecular formula is C26H34N2O3. The number of nitrogens with zero attached hydrogens (tertiary/aromatic N) is 2. The Morgan fingerprint density at radius 3 is 2.16 bits per heavy atom. The van der Waals surface area contributed by atoms with Crippen molar-refractivity contribution in [2.45, 2.75) is 45.7 Å². The second-order valence-corrected chi connectivity index (χ2v) is 9.28. The zero-order valence-corrected chi connectivity index (χ0v) is 19.1. The second kappa shape index (κ2) is 10.1. The van der Waals surface area contributed by atoms with Crippen LogP contribution in [0, 0.1) is 5.92 Å². The number of piperidine rings is 1. The van der Waals surface area contributed by atoms with Gasteiger partial charge in [-0.25, -0.2) is 0 Å². The van der Waals surface area contributed by atoms with Crippen molar-refractivity contribution in [2.24, 2.45) is 5.92 Å². The molecule has 3 rings (SSSR count). The smallest absolute Gasteiger partial charge is 0.237 e. The van der Waals surface area contributed by atoms with Crippen LogP contribution in [-0.2, 0) is 11.3 Å². The lowest BCUT2D eigenvalue weighted by molar-refractivity contribution is -0.138. The van der Waals surface area contributed by atoms with Crippen molar-refractivity contribution in [3.63, 3.8) is 0 Å². The highest BCUT2D eigenvalue weighted by molar-refractivity contribution is 5.98. The maximum Gasteiger partial charge on any atom is 0.237 e. The molecule has 0 unspecified atom stereocenters. The first-order valence-corrected chi connectivity index (χ1v) is 11.0. The van der Waals surface area contributed by atoms with E-state index in [9.17, 15) is 9.59 Å². The van der Waals surface area contributed by atoms with Gasteiger partial charge in [-0.05, 0) is 76.5 Å². The molecule has 166 valence electrons. The highest BCUT2D eigenvalue weighted by Crippen LogP contribution is 2.24. The molecular weight excluding hydrogens is 388 g/mol. The van der Waals surface area contributed by atoms with Gasteiger partial charge in [-0.2, -0.15) is 0 Å². The van der Waals surface area contributed by atoms with Crippen LogP contribution in [-0.4, -0.2) is 53.8 Å². The minimum Gasteiger partial charge on any atom is -0.497 e. The molecule has 0 saturated carbocycles. The summed E-state index contributed by atoms with van der Waals surface area (Å²) in [4.78, 5) is 30.1. The van der Waals surface area contributed by atoms with Gasteiger partial charge in [-0.3, -0.25) is 14.5 Å². The van der Waals surface area contributed by atoms with Gasteiger partial charge in [0, 0.05) is 23.6 Å². The topological polar surface area (TPSA) is 49.9 Å². The van der Waals surface area contributed by atoms with E-state index >= 15 is 0 Å². The molecule has 1 aliphatic heterocycles. The molecule has 0 bridgehead atoms. The molecule has 1 aliphatic rings. The summed E-state index contributed by atoms with van der Waals surface area (Å²) in [7, 11) is 1.62. The van der Waals surface area contributed by atoms with Gasteiger partial charge in [0.15, 0.2) is 5.78 Å². The fourth-order valence-electron chi connectivity index (χ4n) is 4.09. The number of benzene rings is 2. The predicted molar refractivity (Wildman–Crippen MR) is 123 cm³/mol. The van der Waals surface area contributed by atoms with Crippen LogP contribution in [0.2, 0.25) is 0 Å². The monoisotopic (exact) mass is 422 g/mol. The van der Waals surface area contributed by atoms with E-state index in [1.165, 1.54) is 0 Å². The Morgan fingerprint density at radius 2 is 1.61 bits per heavy atom. The quantitative estimate of drug-likeness (QED) is 0.620. The van der Waals surface area contributed by atoms with Crippen molar-refractivity contribution < 1.29 is 14.3 Å². The number of carbonyl (C=O) groups is 2. The van der Waals surface area contributed by atoms with E-state index in [0.29, 0.717) is 13.1 Å². The van der Waals surface area contributed by atoms with Gasteiger partial charge >= 0.3 is 0 Å². The van der Waals surface area contributed by atoms with E-state index in [2.05, 4.69) is 37.8 Å². The number of methoxy groups -OCH3 is 1. The summed E-state index contributed by atoms with van der Waals surface area (Å²) in [6.45, 7) is 8.77. The van der Waals surface area contributed by atoms with Crippen molar-refractivity contribution in [1.29, 1.82) is 0 Å². The first-order valence-electron chi connectivity index (χ1n) is 11.0. The molecule has 0 N–H and O–H groups in total. The van der Waals surface area contributed by atoms with Gasteiger partial charge in [-0.15, -0.1) is 0 Å². The molecule has 0 radical (unpaired) electrons. The Labute approximate surface area is 186 Å². The van der Waals surface area contributed by atoms with Crippen LogP contribution >= 0.6 is 0 Å². The fraction of sp³-hybridized carbons (Fsp3) is 0.462. The standard InChI is InChI=1S/C26H34N2O3/c1-26(2,3)28(18-20-8-6-5-7-9-20)24(29)19-27-16-14-22(15-17-27)25(30)21-10-12-23(31-4)13-11-21/h5-13,22H,14-19H2,1-4H3. The van der Waals surface area contributed by atoms with E-state index in [-0.39, 0.29) is 23.1 Å². The molecule has 0 spiro atoms. The molecule has 2 aromatic rings. The van der Waals surface area contributed by atoms with Gasteiger partial charge in [0.2, 0.25) is 5.91 Å². The van der Waals surface area contributed by atoms with Crippen molar-refractivity contribution in [3.05, 3.63) is 65.7 Å². The second-order valence-electron chi connectivity index (χ2n) is 9.28. The third kappa shape index (κ3) is 6.17. The highest BCUT2D eigenvalue weighted by atomic mass is 16.5. The normalized spacial score (nSPS) is 15.5. The number of rotatable bonds is 7. The number of hydrogen-bond acceptors (Lipinski definition) is 4. The van der Waals surface area contributed by atoms with Gasteiger partial charge in [0.1, 0.15) is 5.75 Å². The number of amides is 1. The minimum absolute atomic E-state index is 0.0165. The van der Waals surface area contributed by atoms with Crippen LogP contribution < -0.4 is 4.74 Å². The number of likely N-dealkylation sites (tertiary alicyclic amines) is 1. The lowest BCUT2D eigenvalue weighted by Gasteiger charge is -2.38. The lowest BCUT2D eigenvalue weighted by Crippen LogP contribution is -2.50. The van der Waals surface area contributed by atoms with Crippen LogP contribution in [0.5, 0.6) is 5.75 Å². The Morgan fingerprint density at radius 1 is 1.00 bits per heavy atom. The number of hydrogen-bond donors (Lipinski definition) is 0. The molecule has 5 heteroatoms. The maximum atomic E-state index is 13.2. The molecule has 31 heavy (non-hydrogen) atoms. The highest BCUT2D eigenvalue weighted by Gasteiger charge is 2.30. The van der Waals surface area contributed by atoms with Crippen molar-refractivity contribution >= 4 is 11.7 Å².